The van der Waals surface area contributed by atoms with Gasteiger partial charge in [0, 0.05) is 5.92 Å². The average molecular weight is 524 g/mol. The van der Waals surface area contributed by atoms with E-state index in [1.54, 1.807) is 36.4 Å². The van der Waals surface area contributed by atoms with E-state index in [-0.39, 0.29) is 13.6 Å². The van der Waals surface area contributed by atoms with Crippen molar-refractivity contribution in [2.24, 2.45) is 0 Å². The molecule has 0 spiro atoms. The van der Waals surface area contributed by atoms with E-state index in [2.05, 4.69) is 5.32 Å². The van der Waals surface area contributed by atoms with Crippen LogP contribution in [0.1, 0.15) is 34.1 Å². The average Bonchev–Trinajstić information content (AvgIpc) is 3.63. The molecule has 8 heteroatoms. The molecule has 2 aliphatic rings. The summed E-state index contributed by atoms with van der Waals surface area (Å²) in [6.07, 6.45) is 0. The zero-order valence-corrected chi connectivity index (χ0v) is 20.8. The maximum absolute atomic E-state index is 13.9. The topological polar surface area (TPSA) is 103 Å². The number of amides is 1. The summed E-state index contributed by atoms with van der Waals surface area (Å²) in [5.74, 6) is -0.902. The lowest BCUT2D eigenvalue weighted by molar-refractivity contribution is -0.142. The molecule has 196 valence electrons. The number of benzene rings is 4. The second-order valence-electron chi connectivity index (χ2n) is 9.28. The Morgan fingerprint density at radius 2 is 1.08 bits per heavy atom. The Hall–Kier alpha value is -4.98. The molecule has 1 atom stereocenters. The predicted molar refractivity (Wildman–Crippen MR) is 141 cm³/mol. The standard InChI is InChI=1S/C31H25NO7/c33-30(28(19-7-3-1-4-8-19)20-9-5-2-6-10-20)32-29(31(34)35)27(21-11-13-23-25(15-21)38-17-36-23)22-12-14-24-26(16-22)39-18-37-24/h1-16,27-29H,17-18H2,(H,32,33)(H,34,35). The number of ether oxygens (including phenoxy) is 4. The highest BCUT2D eigenvalue weighted by molar-refractivity contribution is 5.91. The Bertz CT molecular complexity index is 1410. The third kappa shape index (κ3) is 4.84. The summed E-state index contributed by atoms with van der Waals surface area (Å²) in [5, 5.41) is 13.4. The van der Waals surface area contributed by atoms with Gasteiger partial charge in [-0.2, -0.15) is 0 Å². The molecular formula is C31H25NO7. The minimum atomic E-state index is -1.31. The monoisotopic (exact) mass is 523 g/mol. The maximum Gasteiger partial charge on any atom is 0.327 e. The molecular weight excluding hydrogens is 498 g/mol. The van der Waals surface area contributed by atoms with Crippen LogP contribution in [-0.2, 0) is 9.59 Å². The number of aliphatic carboxylic acids is 1. The molecule has 39 heavy (non-hydrogen) atoms. The van der Waals surface area contributed by atoms with Gasteiger partial charge < -0.3 is 29.4 Å². The Kier molecular flexibility index (Phi) is 6.50. The van der Waals surface area contributed by atoms with Gasteiger partial charge in [0.2, 0.25) is 19.5 Å². The van der Waals surface area contributed by atoms with Gasteiger partial charge >= 0.3 is 5.97 Å². The normalized spacial score (nSPS) is 13.9. The minimum absolute atomic E-state index is 0.0857. The lowest BCUT2D eigenvalue weighted by Crippen LogP contribution is -2.47. The molecule has 0 fully saturated rings. The second kappa shape index (κ2) is 10.4. The largest absolute Gasteiger partial charge is 0.480 e. The third-order valence-corrected chi connectivity index (χ3v) is 6.94. The number of fused-ring (bicyclic) bond motifs is 2. The summed E-state index contributed by atoms with van der Waals surface area (Å²) < 4.78 is 22.1. The van der Waals surface area contributed by atoms with Crippen LogP contribution in [0.2, 0.25) is 0 Å². The molecule has 0 saturated heterocycles. The van der Waals surface area contributed by atoms with Crippen LogP contribution in [0.5, 0.6) is 23.0 Å². The van der Waals surface area contributed by atoms with E-state index >= 15 is 0 Å². The summed E-state index contributed by atoms with van der Waals surface area (Å²) >= 11 is 0. The summed E-state index contributed by atoms with van der Waals surface area (Å²) in [5.41, 5.74) is 2.80. The molecule has 2 aliphatic heterocycles. The number of carboxylic acid groups (broad SMARTS) is 1. The van der Waals surface area contributed by atoms with Crippen LogP contribution in [0.3, 0.4) is 0 Å². The Labute approximate surface area is 224 Å². The molecule has 6 rings (SSSR count). The Balaban J connectivity index is 1.42. The minimum Gasteiger partial charge on any atom is -0.480 e. The van der Waals surface area contributed by atoms with Crippen LogP contribution in [0.15, 0.2) is 97.1 Å². The number of hydrogen-bond acceptors (Lipinski definition) is 6. The highest BCUT2D eigenvalue weighted by Gasteiger charge is 2.36. The van der Waals surface area contributed by atoms with Crippen LogP contribution < -0.4 is 24.3 Å². The molecule has 8 nitrogen and oxygen atoms in total. The van der Waals surface area contributed by atoms with Gasteiger partial charge in [-0.05, 0) is 46.5 Å². The highest BCUT2D eigenvalue weighted by Crippen LogP contribution is 2.41. The van der Waals surface area contributed by atoms with Crippen molar-refractivity contribution in [2.75, 3.05) is 13.6 Å². The summed E-state index contributed by atoms with van der Waals surface area (Å²) in [6, 6.07) is 27.9. The number of nitrogens with one attached hydrogen (secondary N) is 1. The van der Waals surface area contributed by atoms with Crippen molar-refractivity contribution < 1.29 is 33.6 Å². The SMILES string of the molecule is O=C(NC(C(=O)O)C(c1ccc2c(c1)OCO2)c1ccc2c(c1)OCO2)C(c1ccccc1)c1ccccc1. The first-order chi connectivity index (χ1) is 19.1. The Morgan fingerprint density at radius 1 is 0.615 bits per heavy atom. The Morgan fingerprint density at radius 3 is 1.54 bits per heavy atom. The van der Waals surface area contributed by atoms with Crippen molar-refractivity contribution in [3.63, 3.8) is 0 Å². The van der Waals surface area contributed by atoms with Crippen LogP contribution in [0.25, 0.3) is 0 Å². The molecule has 2 heterocycles. The van der Waals surface area contributed by atoms with Gasteiger partial charge in [0.15, 0.2) is 23.0 Å². The van der Waals surface area contributed by atoms with Gasteiger partial charge in [-0.15, -0.1) is 0 Å². The lowest BCUT2D eigenvalue weighted by atomic mass is 9.83. The molecule has 1 amide bonds. The van der Waals surface area contributed by atoms with Crippen molar-refractivity contribution in [1.29, 1.82) is 0 Å². The quantitative estimate of drug-likeness (QED) is 0.346. The fraction of sp³-hybridized carbons (Fsp3) is 0.161. The van der Waals surface area contributed by atoms with Crippen LogP contribution in [0.4, 0.5) is 0 Å². The van der Waals surface area contributed by atoms with Crippen LogP contribution in [0, 0.1) is 0 Å². The van der Waals surface area contributed by atoms with E-state index in [1.807, 2.05) is 60.7 Å². The van der Waals surface area contributed by atoms with E-state index in [1.165, 1.54) is 0 Å². The predicted octanol–water partition coefficient (Wildman–Crippen LogP) is 4.68. The number of carbonyl (C=O) groups excluding carboxylic acids is 1. The van der Waals surface area contributed by atoms with Gasteiger partial charge in [0.25, 0.3) is 0 Å². The van der Waals surface area contributed by atoms with E-state index < -0.39 is 29.8 Å². The second-order valence-corrected chi connectivity index (χ2v) is 9.28. The molecule has 0 radical (unpaired) electrons. The van der Waals surface area contributed by atoms with Gasteiger partial charge in [0.1, 0.15) is 6.04 Å². The highest BCUT2D eigenvalue weighted by atomic mass is 16.7. The molecule has 0 bridgehead atoms. The third-order valence-electron chi connectivity index (χ3n) is 6.94. The van der Waals surface area contributed by atoms with Crippen molar-refractivity contribution in [2.45, 2.75) is 17.9 Å². The van der Waals surface area contributed by atoms with Crippen LogP contribution in [-0.4, -0.2) is 36.6 Å². The number of hydrogen-bond donors (Lipinski definition) is 2. The van der Waals surface area contributed by atoms with Crippen molar-refractivity contribution in [1.82, 2.24) is 5.32 Å². The van der Waals surface area contributed by atoms with Crippen molar-refractivity contribution in [3.8, 4) is 23.0 Å². The first kappa shape index (κ1) is 24.4. The molecule has 2 N–H and O–H groups in total. The van der Waals surface area contributed by atoms with Gasteiger partial charge in [-0.3, -0.25) is 4.79 Å². The zero-order valence-electron chi connectivity index (χ0n) is 20.8. The number of carboxylic acids is 1. The molecule has 1 unspecified atom stereocenters. The van der Waals surface area contributed by atoms with E-state index in [0.717, 1.165) is 11.1 Å². The van der Waals surface area contributed by atoms with Crippen molar-refractivity contribution >= 4 is 11.9 Å². The van der Waals surface area contributed by atoms with E-state index in [4.69, 9.17) is 18.9 Å². The smallest absolute Gasteiger partial charge is 0.327 e. The molecule has 4 aromatic rings. The number of rotatable bonds is 8. The summed E-state index contributed by atoms with van der Waals surface area (Å²) in [4.78, 5) is 26.8. The molecule has 4 aromatic carbocycles. The lowest BCUT2D eigenvalue weighted by Gasteiger charge is -2.28. The molecule has 0 aromatic heterocycles. The summed E-state index contributed by atoms with van der Waals surface area (Å²) in [7, 11) is 0. The van der Waals surface area contributed by atoms with E-state index in [0.29, 0.717) is 34.1 Å². The molecule has 0 aliphatic carbocycles. The van der Waals surface area contributed by atoms with Crippen LogP contribution >= 0.6 is 0 Å². The first-order valence-electron chi connectivity index (χ1n) is 12.5. The van der Waals surface area contributed by atoms with E-state index in [9.17, 15) is 14.7 Å². The van der Waals surface area contributed by atoms with Gasteiger partial charge in [0.05, 0.1) is 5.92 Å². The van der Waals surface area contributed by atoms with Gasteiger partial charge in [-0.25, -0.2) is 4.79 Å². The van der Waals surface area contributed by atoms with Crippen molar-refractivity contribution in [3.05, 3.63) is 119 Å². The fourth-order valence-electron chi connectivity index (χ4n) is 5.10. The maximum atomic E-state index is 13.9. The zero-order chi connectivity index (χ0) is 26.8. The van der Waals surface area contributed by atoms with Gasteiger partial charge in [-0.1, -0.05) is 72.8 Å². The first-order valence-corrected chi connectivity index (χ1v) is 12.5. The fourth-order valence-corrected chi connectivity index (χ4v) is 5.10. The summed E-state index contributed by atoms with van der Waals surface area (Å²) in [6.45, 7) is 0.171. The number of carbonyl (C=O) groups is 2. The molecule has 0 saturated carbocycles.